The van der Waals surface area contributed by atoms with Crippen molar-refractivity contribution in [2.45, 2.75) is 187 Å². The van der Waals surface area contributed by atoms with Crippen LogP contribution in [0.2, 0.25) is 0 Å². The van der Waals surface area contributed by atoms with Gasteiger partial charge in [-0.3, -0.25) is 9.59 Å². The van der Waals surface area contributed by atoms with Gasteiger partial charge in [0, 0.05) is 18.8 Å². The summed E-state index contributed by atoms with van der Waals surface area (Å²) in [6.07, 6.45) is 24.2. The number of esters is 2. The van der Waals surface area contributed by atoms with Gasteiger partial charge < -0.3 is 9.47 Å². The molecule has 0 saturated heterocycles. The topological polar surface area (TPSA) is 52.6 Å². The Balaban J connectivity index is 1.36. The van der Waals surface area contributed by atoms with E-state index >= 15 is 0 Å². The molecular weight excluding hydrogens is 592 g/mol. The molecule has 0 unspecified atom stereocenters. The van der Waals surface area contributed by atoms with Gasteiger partial charge in [0.2, 0.25) is 0 Å². The van der Waals surface area contributed by atoms with Crippen molar-refractivity contribution in [3.8, 4) is 0 Å². The zero-order chi connectivity index (χ0) is 34.1. The van der Waals surface area contributed by atoms with E-state index in [9.17, 15) is 9.59 Å². The highest BCUT2D eigenvalue weighted by molar-refractivity contribution is 5.70. The third kappa shape index (κ3) is 11.2. The zero-order valence-corrected chi connectivity index (χ0v) is 31.0. The van der Waals surface area contributed by atoms with E-state index in [2.05, 4.69) is 64.1 Å². The lowest BCUT2D eigenvalue weighted by molar-refractivity contribution is -0.152. The SMILES string of the molecule is CCCCCCCCCCCC(=O)O[C@@H]1CC2C[C@@H](OC(=O)CCCCCCCCCCC)c3cccc(C)c3C2c2c(C)cccc21. The van der Waals surface area contributed by atoms with Gasteiger partial charge in [-0.1, -0.05) is 153 Å². The summed E-state index contributed by atoms with van der Waals surface area (Å²) in [5.41, 5.74) is 7.43. The summed E-state index contributed by atoms with van der Waals surface area (Å²) in [7, 11) is 0. The third-order valence-electron chi connectivity index (χ3n) is 11.1. The van der Waals surface area contributed by atoms with Crippen LogP contribution in [-0.2, 0) is 19.1 Å². The lowest BCUT2D eigenvalue weighted by Crippen LogP contribution is -2.34. The summed E-state index contributed by atoms with van der Waals surface area (Å²) in [5, 5.41) is 0. The van der Waals surface area contributed by atoms with Crippen molar-refractivity contribution >= 4 is 11.9 Å². The van der Waals surface area contributed by atoms with Crippen molar-refractivity contribution in [1.29, 1.82) is 0 Å². The summed E-state index contributed by atoms with van der Waals surface area (Å²) in [6, 6.07) is 12.9. The Morgan fingerprint density at radius 2 is 0.896 bits per heavy atom. The Bertz CT molecular complexity index is 1170. The Labute approximate surface area is 293 Å². The maximum absolute atomic E-state index is 13.2. The highest BCUT2D eigenvalue weighted by Crippen LogP contribution is 2.56. The van der Waals surface area contributed by atoms with Crippen LogP contribution < -0.4 is 0 Å². The monoisotopic (exact) mass is 658 g/mol. The van der Waals surface area contributed by atoms with Crippen LogP contribution in [0, 0.1) is 19.8 Å². The predicted octanol–water partition coefficient (Wildman–Crippen LogP) is 12.9. The van der Waals surface area contributed by atoms with E-state index in [0.29, 0.717) is 12.8 Å². The zero-order valence-electron chi connectivity index (χ0n) is 31.0. The van der Waals surface area contributed by atoms with Crippen LogP contribution in [0.4, 0.5) is 0 Å². The van der Waals surface area contributed by atoms with Crippen LogP contribution in [-0.4, -0.2) is 11.9 Å². The maximum Gasteiger partial charge on any atom is 0.306 e. The van der Waals surface area contributed by atoms with Gasteiger partial charge in [0.1, 0.15) is 12.2 Å². The second-order valence-electron chi connectivity index (χ2n) is 15.0. The Kier molecular flexibility index (Phi) is 16.5. The molecule has 0 amide bonds. The molecule has 2 atom stereocenters. The van der Waals surface area contributed by atoms with Gasteiger partial charge in [-0.25, -0.2) is 0 Å². The minimum Gasteiger partial charge on any atom is -0.457 e. The van der Waals surface area contributed by atoms with Crippen LogP contribution in [0.3, 0.4) is 0 Å². The van der Waals surface area contributed by atoms with E-state index < -0.39 is 0 Å². The minimum absolute atomic E-state index is 0.0785. The molecule has 2 aromatic carbocycles. The molecule has 4 nitrogen and oxygen atoms in total. The molecule has 0 spiro atoms. The van der Waals surface area contributed by atoms with E-state index in [-0.39, 0.29) is 36.0 Å². The van der Waals surface area contributed by atoms with Gasteiger partial charge >= 0.3 is 11.9 Å². The highest BCUT2D eigenvalue weighted by Gasteiger charge is 2.45. The smallest absolute Gasteiger partial charge is 0.306 e. The number of hydrogen-bond acceptors (Lipinski definition) is 4. The fraction of sp³-hybridized carbons (Fsp3) is 0.682. The van der Waals surface area contributed by atoms with E-state index in [1.54, 1.807) is 0 Å². The molecule has 0 aromatic heterocycles. The first-order chi connectivity index (χ1) is 23.4. The second kappa shape index (κ2) is 20.8. The predicted molar refractivity (Wildman–Crippen MR) is 198 cm³/mol. The fourth-order valence-electron chi connectivity index (χ4n) is 8.42. The standard InChI is InChI=1S/C44H66O4/c1-5-7-9-11-13-15-17-19-21-29-40(45)47-38-31-35-32-39(48-41(46)30-22-20-18-16-14-12-10-8-6-2)37-28-24-26-34(4)43(37)44(35)42-33(3)25-23-27-36(38)42/h23-28,35,38-39,44H,5-22,29-32H2,1-4H3/t35?,38-,39-,44?/m1/s1. The molecule has 0 N–H and O–H groups in total. The van der Waals surface area contributed by atoms with E-state index in [0.717, 1.165) is 49.7 Å². The molecule has 0 heterocycles. The Morgan fingerprint density at radius 1 is 0.542 bits per heavy atom. The van der Waals surface area contributed by atoms with Gasteiger partial charge in [0.05, 0.1) is 0 Å². The van der Waals surface area contributed by atoms with E-state index in [4.69, 9.17) is 9.47 Å². The highest BCUT2D eigenvalue weighted by atomic mass is 16.5. The molecule has 0 saturated carbocycles. The lowest BCUT2D eigenvalue weighted by atomic mass is 9.62. The van der Waals surface area contributed by atoms with Crippen LogP contribution >= 0.6 is 0 Å². The number of unbranched alkanes of at least 4 members (excludes halogenated alkanes) is 16. The Morgan fingerprint density at radius 3 is 1.27 bits per heavy atom. The van der Waals surface area contributed by atoms with Gasteiger partial charge in [-0.15, -0.1) is 0 Å². The van der Waals surface area contributed by atoms with Gasteiger partial charge in [0.15, 0.2) is 0 Å². The van der Waals surface area contributed by atoms with Gasteiger partial charge in [-0.05, 0) is 78.8 Å². The summed E-state index contributed by atoms with van der Waals surface area (Å²) < 4.78 is 12.6. The third-order valence-corrected chi connectivity index (χ3v) is 11.1. The molecule has 2 aromatic rings. The molecule has 48 heavy (non-hydrogen) atoms. The van der Waals surface area contributed by atoms with Crippen molar-refractivity contribution in [2.75, 3.05) is 0 Å². The number of carbonyl (C=O) groups is 2. The number of fused-ring (bicyclic) bond motifs is 5. The number of carbonyl (C=O) groups excluding carboxylic acids is 2. The molecule has 0 bridgehead atoms. The molecule has 2 aliphatic carbocycles. The van der Waals surface area contributed by atoms with Gasteiger partial charge in [-0.2, -0.15) is 0 Å². The average molecular weight is 659 g/mol. The molecule has 4 rings (SSSR count). The number of aryl methyl sites for hydroxylation is 2. The minimum atomic E-state index is -0.254. The van der Waals surface area contributed by atoms with Crippen molar-refractivity contribution in [2.24, 2.45) is 5.92 Å². The first-order valence-corrected chi connectivity index (χ1v) is 20.0. The number of ether oxygens (including phenoxy) is 2. The fourth-order valence-corrected chi connectivity index (χ4v) is 8.42. The first kappa shape index (κ1) is 38.2. The normalized spacial score (nSPS) is 19.7. The summed E-state index contributed by atoms with van der Waals surface area (Å²) in [6.45, 7) is 8.90. The molecule has 0 radical (unpaired) electrons. The van der Waals surface area contributed by atoms with Crippen molar-refractivity contribution in [1.82, 2.24) is 0 Å². The molecule has 2 aliphatic rings. The van der Waals surface area contributed by atoms with Crippen LogP contribution in [0.15, 0.2) is 36.4 Å². The van der Waals surface area contributed by atoms with E-state index in [1.807, 2.05) is 0 Å². The molecule has 266 valence electrons. The van der Waals surface area contributed by atoms with Crippen LogP contribution in [0.1, 0.15) is 207 Å². The molecule has 0 fully saturated rings. The van der Waals surface area contributed by atoms with E-state index in [1.165, 1.54) is 112 Å². The number of benzene rings is 2. The van der Waals surface area contributed by atoms with Crippen molar-refractivity contribution < 1.29 is 19.1 Å². The molecule has 0 aliphatic heterocycles. The largest absolute Gasteiger partial charge is 0.457 e. The summed E-state index contributed by atoms with van der Waals surface area (Å²) >= 11 is 0. The Hall–Kier alpha value is -2.62. The molecular formula is C44H66O4. The summed E-state index contributed by atoms with van der Waals surface area (Å²) in [4.78, 5) is 26.3. The van der Waals surface area contributed by atoms with Crippen molar-refractivity contribution in [3.05, 3.63) is 69.8 Å². The summed E-state index contributed by atoms with van der Waals surface area (Å²) in [5.74, 6) is 0.301. The molecule has 4 heteroatoms. The maximum atomic E-state index is 13.2. The first-order valence-electron chi connectivity index (χ1n) is 20.0. The second-order valence-corrected chi connectivity index (χ2v) is 15.0. The van der Waals surface area contributed by atoms with Gasteiger partial charge in [0.25, 0.3) is 0 Å². The van der Waals surface area contributed by atoms with Crippen molar-refractivity contribution in [3.63, 3.8) is 0 Å². The van der Waals surface area contributed by atoms with Crippen LogP contribution in [0.5, 0.6) is 0 Å². The lowest BCUT2D eigenvalue weighted by Gasteiger charge is -2.45. The van der Waals surface area contributed by atoms with Crippen LogP contribution in [0.25, 0.3) is 0 Å². The average Bonchev–Trinajstić information content (AvgIpc) is 3.07. The number of hydrogen-bond donors (Lipinski definition) is 0. The number of rotatable bonds is 22. The quantitative estimate of drug-likeness (QED) is 0.0933.